The maximum absolute atomic E-state index is 13.8. The molecule has 1 fully saturated rings. The van der Waals surface area contributed by atoms with E-state index in [4.69, 9.17) is 14.2 Å². The number of carbonyl (C=O) groups is 1. The molecule has 2 aromatic carbocycles. The number of nitrogens with one attached hydrogen (secondary N) is 2. The Morgan fingerprint density at radius 2 is 1.62 bits per heavy atom. The summed E-state index contributed by atoms with van der Waals surface area (Å²) in [6.45, 7) is 2.03. The van der Waals surface area contributed by atoms with Crippen LogP contribution >= 0.6 is 0 Å². The summed E-state index contributed by atoms with van der Waals surface area (Å²) in [5.74, 6) is -4.03. The van der Waals surface area contributed by atoms with Crippen molar-refractivity contribution in [1.82, 2.24) is 15.5 Å². The Labute approximate surface area is 181 Å². The third kappa shape index (κ3) is 4.58. The predicted molar refractivity (Wildman–Crippen MR) is 105 cm³/mol. The second-order valence-electron chi connectivity index (χ2n) is 7.32. The molecule has 0 aliphatic carbocycles. The summed E-state index contributed by atoms with van der Waals surface area (Å²) in [7, 11) is 0. The molecule has 2 N–H and O–H groups in total. The molecule has 0 spiro atoms. The van der Waals surface area contributed by atoms with Gasteiger partial charge in [0.2, 0.25) is 0 Å². The number of fused-ring (bicyclic) bond motifs is 1. The minimum atomic E-state index is -5.05. The topological polar surface area (TPSA) is 72.1 Å². The first kappa shape index (κ1) is 22.2. The van der Waals surface area contributed by atoms with Gasteiger partial charge in [0, 0.05) is 19.6 Å². The van der Waals surface area contributed by atoms with Gasteiger partial charge >= 0.3 is 18.1 Å². The number of nitrogens with zero attached hydrogens (tertiary/aromatic N) is 1. The van der Waals surface area contributed by atoms with E-state index in [2.05, 4.69) is 5.32 Å². The van der Waals surface area contributed by atoms with Gasteiger partial charge in [0.15, 0.2) is 11.5 Å². The lowest BCUT2D eigenvalue weighted by Crippen LogP contribution is -2.66. The van der Waals surface area contributed by atoms with E-state index in [1.807, 2.05) is 4.90 Å². The van der Waals surface area contributed by atoms with Crippen LogP contribution in [0, 0.1) is 5.82 Å². The van der Waals surface area contributed by atoms with Crippen LogP contribution in [0.3, 0.4) is 0 Å². The Morgan fingerprint density at radius 3 is 2.19 bits per heavy atom. The van der Waals surface area contributed by atoms with Crippen LogP contribution in [0.15, 0.2) is 48.5 Å². The van der Waals surface area contributed by atoms with Crippen molar-refractivity contribution in [3.05, 3.63) is 59.9 Å². The van der Waals surface area contributed by atoms with E-state index >= 15 is 0 Å². The first-order valence-electron chi connectivity index (χ1n) is 9.94. The highest BCUT2D eigenvalue weighted by Gasteiger charge is 2.65. The van der Waals surface area contributed by atoms with Crippen LogP contribution in [-0.4, -0.2) is 55.9 Å². The lowest BCUT2D eigenvalue weighted by Gasteiger charge is -2.35. The number of para-hydroxylation sites is 2. The summed E-state index contributed by atoms with van der Waals surface area (Å²) >= 11 is 0. The van der Waals surface area contributed by atoms with Crippen LogP contribution in [0.25, 0.3) is 0 Å². The van der Waals surface area contributed by atoms with E-state index < -0.39 is 30.0 Å². The average molecular weight is 455 g/mol. The zero-order chi connectivity index (χ0) is 22.8. The molecule has 32 heavy (non-hydrogen) atoms. The molecule has 0 bridgehead atoms. The highest BCUT2D eigenvalue weighted by Crippen LogP contribution is 2.44. The first-order chi connectivity index (χ1) is 15.3. The number of hydrogen-bond acceptors (Lipinski definition) is 5. The number of rotatable bonds is 5. The van der Waals surface area contributed by atoms with Crippen LogP contribution in [0.5, 0.6) is 11.5 Å². The number of halogens is 4. The van der Waals surface area contributed by atoms with Gasteiger partial charge in [-0.1, -0.05) is 24.3 Å². The molecule has 2 aromatic rings. The number of benzene rings is 2. The number of alkyl halides is 3. The number of morpholine rings is 1. The number of urea groups is 1. The van der Waals surface area contributed by atoms with Crippen molar-refractivity contribution in [2.75, 3.05) is 32.8 Å². The highest BCUT2D eigenvalue weighted by atomic mass is 19.4. The SMILES string of the molecule is O=C(NC[C@H](c1ccc(F)cc1)N1CCOCC1)NC1(C(F)(F)F)Oc2ccccc2O1. The van der Waals surface area contributed by atoms with Crippen LogP contribution < -0.4 is 20.1 Å². The molecular weight excluding hydrogens is 434 g/mol. The Morgan fingerprint density at radius 1 is 1.03 bits per heavy atom. The van der Waals surface area contributed by atoms with E-state index in [1.54, 1.807) is 17.4 Å². The van der Waals surface area contributed by atoms with Crippen molar-refractivity contribution in [2.24, 2.45) is 0 Å². The van der Waals surface area contributed by atoms with Crippen molar-refractivity contribution in [3.63, 3.8) is 0 Å². The average Bonchev–Trinajstić information content (AvgIpc) is 3.15. The van der Waals surface area contributed by atoms with Crippen LogP contribution in [-0.2, 0) is 4.74 Å². The third-order valence-corrected chi connectivity index (χ3v) is 5.21. The minimum Gasteiger partial charge on any atom is -0.424 e. The fourth-order valence-corrected chi connectivity index (χ4v) is 3.60. The molecule has 4 rings (SSSR count). The Hall–Kier alpha value is -3.05. The zero-order valence-corrected chi connectivity index (χ0v) is 16.8. The summed E-state index contributed by atoms with van der Waals surface area (Å²) in [4.78, 5) is 14.5. The lowest BCUT2D eigenvalue weighted by atomic mass is 10.0. The van der Waals surface area contributed by atoms with Gasteiger partial charge in [-0.25, -0.2) is 9.18 Å². The second-order valence-corrected chi connectivity index (χ2v) is 7.32. The van der Waals surface area contributed by atoms with Gasteiger partial charge in [-0.3, -0.25) is 10.2 Å². The Bertz CT molecular complexity index is 924. The number of amides is 2. The van der Waals surface area contributed by atoms with Gasteiger partial charge in [0.1, 0.15) is 5.82 Å². The summed E-state index contributed by atoms with van der Waals surface area (Å²) < 4.78 is 70.0. The van der Waals surface area contributed by atoms with Crippen molar-refractivity contribution in [2.45, 2.75) is 18.1 Å². The van der Waals surface area contributed by atoms with Crippen molar-refractivity contribution < 1.29 is 36.6 Å². The number of hydrogen-bond donors (Lipinski definition) is 2. The lowest BCUT2D eigenvalue weighted by molar-refractivity contribution is -0.317. The van der Waals surface area contributed by atoms with Crippen LogP contribution in [0.1, 0.15) is 11.6 Å². The van der Waals surface area contributed by atoms with E-state index in [0.717, 1.165) is 0 Å². The maximum atomic E-state index is 13.8. The molecule has 0 aromatic heterocycles. The quantitative estimate of drug-likeness (QED) is 0.678. The standard InChI is InChI=1S/C21H21F4N3O4/c22-15-7-5-14(6-8-15)16(28-9-11-30-12-10-28)13-26-19(29)27-21(20(23,24)25)31-17-3-1-2-4-18(17)32-21/h1-8,16H,9-13H2,(H2,26,27,29)/t16-/m1/s1. The smallest absolute Gasteiger partial charge is 0.424 e. The maximum Gasteiger partial charge on any atom is 0.492 e. The molecular formula is C21H21F4N3O4. The molecule has 0 unspecified atom stereocenters. The summed E-state index contributed by atoms with van der Waals surface area (Å²) in [5, 5.41) is 4.23. The van der Waals surface area contributed by atoms with E-state index in [1.165, 1.54) is 36.4 Å². The molecule has 7 nitrogen and oxygen atoms in total. The molecule has 172 valence electrons. The monoisotopic (exact) mass is 455 g/mol. The minimum absolute atomic E-state index is 0.0294. The predicted octanol–water partition coefficient (Wildman–Crippen LogP) is 3.19. The molecule has 2 heterocycles. The fraction of sp³-hybridized carbons (Fsp3) is 0.381. The van der Waals surface area contributed by atoms with Crippen molar-refractivity contribution >= 4 is 6.03 Å². The molecule has 11 heteroatoms. The van der Waals surface area contributed by atoms with Gasteiger partial charge in [0.05, 0.1) is 19.3 Å². The third-order valence-electron chi connectivity index (χ3n) is 5.21. The van der Waals surface area contributed by atoms with E-state index in [9.17, 15) is 22.4 Å². The fourth-order valence-electron chi connectivity index (χ4n) is 3.60. The van der Waals surface area contributed by atoms with Gasteiger partial charge in [-0.2, -0.15) is 13.2 Å². The normalized spacial score (nSPS) is 18.8. The largest absolute Gasteiger partial charge is 0.492 e. The highest BCUT2D eigenvalue weighted by molar-refractivity contribution is 5.75. The molecule has 0 saturated carbocycles. The molecule has 2 aliphatic heterocycles. The molecule has 2 aliphatic rings. The summed E-state index contributed by atoms with van der Waals surface area (Å²) in [6, 6.07) is 9.81. The molecule has 2 amide bonds. The first-order valence-corrected chi connectivity index (χ1v) is 9.94. The summed E-state index contributed by atoms with van der Waals surface area (Å²) in [5.41, 5.74) is 0.708. The number of ether oxygens (including phenoxy) is 3. The van der Waals surface area contributed by atoms with Gasteiger partial charge < -0.3 is 19.5 Å². The van der Waals surface area contributed by atoms with Gasteiger partial charge in [-0.05, 0) is 29.8 Å². The van der Waals surface area contributed by atoms with Gasteiger partial charge in [-0.15, -0.1) is 0 Å². The Balaban J connectivity index is 1.47. The molecule has 1 saturated heterocycles. The van der Waals surface area contributed by atoms with Crippen LogP contribution in [0.2, 0.25) is 0 Å². The molecule has 1 atom stereocenters. The zero-order valence-electron chi connectivity index (χ0n) is 16.8. The van der Waals surface area contributed by atoms with E-state index in [-0.39, 0.29) is 18.0 Å². The molecule has 0 radical (unpaired) electrons. The summed E-state index contributed by atoms with van der Waals surface area (Å²) in [6.07, 6.45) is -5.05. The Kier molecular flexibility index (Phi) is 6.11. The second kappa shape index (κ2) is 8.83. The van der Waals surface area contributed by atoms with Gasteiger partial charge in [0.25, 0.3) is 0 Å². The number of carbonyl (C=O) groups excluding carboxylic acids is 1. The van der Waals surface area contributed by atoms with Crippen LogP contribution in [0.4, 0.5) is 22.4 Å². The van der Waals surface area contributed by atoms with E-state index in [0.29, 0.717) is 31.9 Å². The van der Waals surface area contributed by atoms with Crippen molar-refractivity contribution in [3.8, 4) is 11.5 Å². The van der Waals surface area contributed by atoms with Crippen molar-refractivity contribution in [1.29, 1.82) is 0 Å².